The molecule has 0 aliphatic carbocycles. The molecule has 1 aromatic carbocycles. The molecule has 0 atom stereocenters. The molecule has 5 heteroatoms. The summed E-state index contributed by atoms with van der Waals surface area (Å²) < 4.78 is 4.88. The van der Waals surface area contributed by atoms with Crippen molar-refractivity contribution >= 4 is 28.9 Å². The molecule has 0 aliphatic heterocycles. The van der Waals surface area contributed by atoms with E-state index in [-0.39, 0.29) is 5.97 Å². The number of ether oxygens (including phenoxy) is 1. The second kappa shape index (κ2) is 5.29. The zero-order valence-electron chi connectivity index (χ0n) is 9.14. The number of benzene rings is 1. The van der Waals surface area contributed by atoms with Gasteiger partial charge in [0.2, 0.25) is 5.01 Å². The van der Waals surface area contributed by atoms with Gasteiger partial charge in [0.1, 0.15) is 0 Å². The Morgan fingerprint density at radius 2 is 2.12 bits per heavy atom. The van der Waals surface area contributed by atoms with Gasteiger partial charge in [0, 0.05) is 16.0 Å². The number of rotatable bonds is 3. The van der Waals surface area contributed by atoms with Crippen LogP contribution in [0.1, 0.15) is 16.7 Å². The van der Waals surface area contributed by atoms with Gasteiger partial charge in [-0.1, -0.05) is 23.7 Å². The van der Waals surface area contributed by atoms with Crippen LogP contribution in [0.15, 0.2) is 29.6 Å². The number of nitrogens with zero attached hydrogens (tertiary/aromatic N) is 1. The Bertz CT molecular complexity index is 522. The molecule has 88 valence electrons. The minimum absolute atomic E-state index is 0.356. The van der Waals surface area contributed by atoms with Crippen molar-refractivity contribution in [3.8, 4) is 11.3 Å². The molecule has 3 nitrogen and oxygen atoms in total. The number of aromatic nitrogens is 1. The predicted molar refractivity (Wildman–Crippen MR) is 68.5 cm³/mol. The van der Waals surface area contributed by atoms with Crippen molar-refractivity contribution in [3.05, 3.63) is 39.7 Å². The summed E-state index contributed by atoms with van der Waals surface area (Å²) in [6.07, 6.45) is 0. The highest BCUT2D eigenvalue weighted by molar-refractivity contribution is 7.11. The fourth-order valence-electron chi connectivity index (χ4n) is 1.31. The number of hydrogen-bond donors (Lipinski definition) is 0. The van der Waals surface area contributed by atoms with Crippen molar-refractivity contribution in [1.82, 2.24) is 4.98 Å². The van der Waals surface area contributed by atoms with E-state index in [0.717, 1.165) is 11.3 Å². The maximum atomic E-state index is 11.4. The summed E-state index contributed by atoms with van der Waals surface area (Å²) in [5, 5.41) is 2.88. The predicted octanol–water partition coefficient (Wildman–Crippen LogP) is 3.64. The average Bonchev–Trinajstić information content (AvgIpc) is 2.80. The van der Waals surface area contributed by atoms with Gasteiger partial charge in [0.05, 0.1) is 12.3 Å². The maximum absolute atomic E-state index is 11.4. The molecule has 0 radical (unpaired) electrons. The van der Waals surface area contributed by atoms with E-state index in [2.05, 4.69) is 4.98 Å². The molecule has 1 heterocycles. The molecule has 0 aliphatic rings. The number of esters is 1. The van der Waals surface area contributed by atoms with Crippen LogP contribution in [-0.2, 0) is 4.74 Å². The molecule has 2 aromatic rings. The lowest BCUT2D eigenvalue weighted by atomic mass is 10.2. The van der Waals surface area contributed by atoms with E-state index in [0.29, 0.717) is 16.6 Å². The smallest absolute Gasteiger partial charge is 0.367 e. The highest BCUT2D eigenvalue weighted by Gasteiger charge is 2.12. The molecule has 0 saturated carbocycles. The van der Waals surface area contributed by atoms with Gasteiger partial charge < -0.3 is 4.74 Å². The van der Waals surface area contributed by atoms with Gasteiger partial charge in [-0.2, -0.15) is 0 Å². The monoisotopic (exact) mass is 267 g/mol. The van der Waals surface area contributed by atoms with Crippen molar-refractivity contribution in [2.45, 2.75) is 6.92 Å². The van der Waals surface area contributed by atoms with Gasteiger partial charge in [0.15, 0.2) is 0 Å². The standard InChI is InChI=1S/C12H10ClNO2S/c1-2-16-12(15)11-14-10(7-17-11)8-3-5-9(13)6-4-8/h3-7H,2H2,1H3. The van der Waals surface area contributed by atoms with Gasteiger partial charge in [-0.3, -0.25) is 0 Å². The van der Waals surface area contributed by atoms with E-state index in [1.807, 2.05) is 17.5 Å². The summed E-state index contributed by atoms with van der Waals surface area (Å²) >= 11 is 7.08. The van der Waals surface area contributed by atoms with E-state index >= 15 is 0 Å². The largest absolute Gasteiger partial charge is 0.461 e. The van der Waals surface area contributed by atoms with Crippen molar-refractivity contribution in [3.63, 3.8) is 0 Å². The van der Waals surface area contributed by atoms with Crippen LogP contribution in [0.5, 0.6) is 0 Å². The van der Waals surface area contributed by atoms with Crippen molar-refractivity contribution in [2.75, 3.05) is 6.61 Å². The highest BCUT2D eigenvalue weighted by atomic mass is 35.5. The number of hydrogen-bond acceptors (Lipinski definition) is 4. The highest BCUT2D eigenvalue weighted by Crippen LogP contribution is 2.23. The fourth-order valence-corrected chi connectivity index (χ4v) is 2.16. The normalized spacial score (nSPS) is 10.2. The van der Waals surface area contributed by atoms with Crippen LogP contribution in [0.2, 0.25) is 5.02 Å². The van der Waals surface area contributed by atoms with E-state index in [9.17, 15) is 4.79 Å². The zero-order chi connectivity index (χ0) is 12.3. The first-order chi connectivity index (χ1) is 8.20. The van der Waals surface area contributed by atoms with Crippen molar-refractivity contribution < 1.29 is 9.53 Å². The van der Waals surface area contributed by atoms with Crippen molar-refractivity contribution in [1.29, 1.82) is 0 Å². The lowest BCUT2D eigenvalue weighted by molar-refractivity contribution is 0.0526. The second-order valence-electron chi connectivity index (χ2n) is 3.27. The molecule has 0 bridgehead atoms. The Balaban J connectivity index is 2.23. The Morgan fingerprint density at radius 3 is 2.76 bits per heavy atom. The van der Waals surface area contributed by atoms with Crippen LogP contribution < -0.4 is 0 Å². The van der Waals surface area contributed by atoms with Gasteiger partial charge in [-0.05, 0) is 19.1 Å². The zero-order valence-corrected chi connectivity index (χ0v) is 10.7. The lowest BCUT2D eigenvalue weighted by Crippen LogP contribution is -2.03. The molecule has 0 N–H and O–H groups in total. The Hall–Kier alpha value is -1.39. The lowest BCUT2D eigenvalue weighted by Gasteiger charge is -1.97. The van der Waals surface area contributed by atoms with Gasteiger partial charge in [-0.25, -0.2) is 9.78 Å². The quantitative estimate of drug-likeness (QED) is 0.797. The molecule has 1 aromatic heterocycles. The van der Waals surface area contributed by atoms with Crippen molar-refractivity contribution in [2.24, 2.45) is 0 Å². The van der Waals surface area contributed by atoms with Gasteiger partial charge >= 0.3 is 5.97 Å². The van der Waals surface area contributed by atoms with E-state index in [1.54, 1.807) is 19.1 Å². The minimum atomic E-state index is -0.377. The Morgan fingerprint density at radius 1 is 1.41 bits per heavy atom. The van der Waals surface area contributed by atoms with Gasteiger partial charge in [0.25, 0.3) is 0 Å². The van der Waals surface area contributed by atoms with Crippen LogP contribution in [0.3, 0.4) is 0 Å². The first-order valence-electron chi connectivity index (χ1n) is 5.09. The molecular formula is C12H10ClNO2S. The Kier molecular flexibility index (Phi) is 3.76. The number of carbonyl (C=O) groups excluding carboxylic acids is 1. The summed E-state index contributed by atoms with van der Waals surface area (Å²) in [7, 11) is 0. The molecule has 0 unspecified atom stereocenters. The van der Waals surface area contributed by atoms with Crippen LogP contribution in [0.4, 0.5) is 0 Å². The summed E-state index contributed by atoms with van der Waals surface area (Å²) in [4.78, 5) is 15.7. The Labute approximate surface area is 108 Å². The summed E-state index contributed by atoms with van der Waals surface area (Å²) in [5.41, 5.74) is 1.69. The molecule has 0 saturated heterocycles. The van der Waals surface area contributed by atoms with Crippen LogP contribution in [0, 0.1) is 0 Å². The van der Waals surface area contributed by atoms with Crippen LogP contribution in [0.25, 0.3) is 11.3 Å². The van der Waals surface area contributed by atoms with E-state index in [1.165, 1.54) is 11.3 Å². The first kappa shape index (κ1) is 12.1. The SMILES string of the molecule is CCOC(=O)c1nc(-c2ccc(Cl)cc2)cs1. The molecule has 17 heavy (non-hydrogen) atoms. The summed E-state index contributed by atoms with van der Waals surface area (Å²) in [6, 6.07) is 7.32. The fraction of sp³-hybridized carbons (Fsp3) is 0.167. The maximum Gasteiger partial charge on any atom is 0.367 e. The third kappa shape index (κ3) is 2.84. The number of thiazole rings is 1. The summed E-state index contributed by atoms with van der Waals surface area (Å²) in [5.74, 6) is -0.377. The van der Waals surface area contributed by atoms with Gasteiger partial charge in [-0.15, -0.1) is 11.3 Å². The van der Waals surface area contributed by atoms with E-state index < -0.39 is 0 Å². The molecular weight excluding hydrogens is 258 g/mol. The topological polar surface area (TPSA) is 39.2 Å². The molecule has 0 fully saturated rings. The molecule has 2 rings (SSSR count). The first-order valence-corrected chi connectivity index (χ1v) is 6.35. The average molecular weight is 268 g/mol. The third-order valence-electron chi connectivity index (χ3n) is 2.09. The second-order valence-corrected chi connectivity index (χ2v) is 4.56. The van der Waals surface area contributed by atoms with Crippen LogP contribution >= 0.6 is 22.9 Å². The third-order valence-corrected chi connectivity index (χ3v) is 3.17. The number of halogens is 1. The molecule has 0 spiro atoms. The van der Waals surface area contributed by atoms with E-state index in [4.69, 9.17) is 16.3 Å². The number of carbonyl (C=O) groups is 1. The molecule has 0 amide bonds. The minimum Gasteiger partial charge on any atom is -0.461 e. The summed E-state index contributed by atoms with van der Waals surface area (Å²) in [6.45, 7) is 2.13. The van der Waals surface area contributed by atoms with Crippen LogP contribution in [-0.4, -0.2) is 17.6 Å².